The van der Waals surface area contributed by atoms with Crippen molar-refractivity contribution in [1.82, 2.24) is 14.5 Å². The van der Waals surface area contributed by atoms with Gasteiger partial charge in [-0.2, -0.15) is 4.31 Å². The molecule has 14 heteroatoms. The fraction of sp³-hybridized carbons (Fsp3) is 0.588. The van der Waals surface area contributed by atoms with Gasteiger partial charge in [0.1, 0.15) is 6.04 Å². The number of hydrogen-bond donors (Lipinski definition) is 1. The Labute approximate surface area is 179 Å². The van der Waals surface area contributed by atoms with Gasteiger partial charge in [0.05, 0.1) is 24.2 Å². The average Bonchev–Trinajstić information content (AvgIpc) is 3.18. The summed E-state index contributed by atoms with van der Waals surface area (Å²) >= 11 is 0. The SMILES string of the molecule is CNCCOCCN(C)C(=O)[C@@H]1C[C@H](N=[N+]=[N-])CN1S(=O)(=O)c1ccccc1[N+](=O)[O-]. The summed E-state index contributed by atoms with van der Waals surface area (Å²) in [7, 11) is -1.11. The second kappa shape index (κ2) is 11.0. The molecule has 0 aliphatic carbocycles. The summed E-state index contributed by atoms with van der Waals surface area (Å²) in [6.45, 7) is 1.34. The Morgan fingerprint density at radius 2 is 2.16 bits per heavy atom. The third-order valence-electron chi connectivity index (χ3n) is 4.83. The highest BCUT2D eigenvalue weighted by atomic mass is 32.2. The van der Waals surface area contributed by atoms with Gasteiger partial charge in [0.15, 0.2) is 4.90 Å². The molecule has 1 fully saturated rings. The molecule has 0 radical (unpaired) electrons. The van der Waals surface area contributed by atoms with Crippen molar-refractivity contribution in [3.8, 4) is 0 Å². The van der Waals surface area contributed by atoms with Crippen LogP contribution in [0.15, 0.2) is 34.3 Å². The average molecular weight is 455 g/mol. The van der Waals surface area contributed by atoms with Crippen molar-refractivity contribution >= 4 is 21.6 Å². The van der Waals surface area contributed by atoms with Gasteiger partial charge in [-0.15, -0.1) is 0 Å². The van der Waals surface area contributed by atoms with Gasteiger partial charge in [-0.25, -0.2) is 8.42 Å². The molecular formula is C17H25N7O6S. The monoisotopic (exact) mass is 455 g/mol. The zero-order valence-corrected chi connectivity index (χ0v) is 18.1. The standard InChI is InChI=1S/C17H25N7O6S/c1-19-7-9-30-10-8-22(2)17(25)15-11-13(20-21-18)12-23(15)31(28,29)16-6-4-3-5-14(16)24(26)27/h3-6,13,15,19H,7-12H2,1-2H3/t13-,15-/m0/s1. The van der Waals surface area contributed by atoms with Crippen LogP contribution in [0.25, 0.3) is 10.4 Å². The maximum absolute atomic E-state index is 13.3. The number of nitro benzene ring substituents is 1. The van der Waals surface area contributed by atoms with Gasteiger partial charge >= 0.3 is 0 Å². The zero-order chi connectivity index (χ0) is 23.0. The van der Waals surface area contributed by atoms with Crippen LogP contribution in [-0.4, -0.2) is 87.5 Å². The molecule has 1 aromatic rings. The van der Waals surface area contributed by atoms with Crippen LogP contribution in [0.3, 0.4) is 0 Å². The van der Waals surface area contributed by atoms with Gasteiger partial charge in [0, 0.05) is 37.7 Å². The molecule has 0 saturated carbocycles. The number of carbonyl (C=O) groups excluding carboxylic acids is 1. The summed E-state index contributed by atoms with van der Waals surface area (Å²) in [5.74, 6) is -0.505. The molecule has 1 saturated heterocycles. The first-order chi connectivity index (χ1) is 14.7. The first-order valence-corrected chi connectivity index (χ1v) is 10.9. The number of rotatable bonds is 11. The number of nitro groups is 1. The molecule has 1 amide bonds. The first kappa shape index (κ1) is 24.5. The van der Waals surface area contributed by atoms with E-state index >= 15 is 0 Å². The van der Waals surface area contributed by atoms with Crippen molar-refractivity contribution in [1.29, 1.82) is 0 Å². The van der Waals surface area contributed by atoms with Crippen molar-refractivity contribution in [2.24, 2.45) is 5.11 Å². The number of carbonyl (C=O) groups is 1. The summed E-state index contributed by atoms with van der Waals surface area (Å²) in [6.07, 6.45) is -0.0201. The molecule has 2 rings (SSSR count). The molecular weight excluding hydrogens is 430 g/mol. The quantitative estimate of drug-likeness (QED) is 0.128. The van der Waals surface area contributed by atoms with Crippen molar-refractivity contribution in [3.05, 3.63) is 44.8 Å². The Balaban J connectivity index is 2.28. The van der Waals surface area contributed by atoms with Crippen LogP contribution in [-0.2, 0) is 19.6 Å². The summed E-state index contributed by atoms with van der Waals surface area (Å²) in [4.78, 5) is 27.1. The Bertz CT molecular complexity index is 950. The number of nitrogens with one attached hydrogen (secondary N) is 1. The minimum Gasteiger partial charge on any atom is -0.378 e. The number of amides is 1. The van der Waals surface area contributed by atoms with Crippen molar-refractivity contribution in [2.75, 3.05) is 46.9 Å². The molecule has 0 spiro atoms. The summed E-state index contributed by atoms with van der Waals surface area (Å²) in [5, 5.41) is 17.8. The Hall–Kier alpha value is -2.77. The summed E-state index contributed by atoms with van der Waals surface area (Å²) < 4.78 is 32.8. The number of sulfonamides is 1. The third-order valence-corrected chi connectivity index (χ3v) is 6.75. The fourth-order valence-electron chi connectivity index (χ4n) is 3.23. The van der Waals surface area contributed by atoms with Crippen LogP contribution in [0, 0.1) is 10.1 Å². The second-order valence-corrected chi connectivity index (χ2v) is 8.74. The van der Waals surface area contributed by atoms with Crippen LogP contribution in [0.1, 0.15) is 6.42 Å². The van der Waals surface area contributed by atoms with E-state index in [-0.39, 0.29) is 26.1 Å². The molecule has 13 nitrogen and oxygen atoms in total. The smallest absolute Gasteiger partial charge is 0.289 e. The lowest BCUT2D eigenvalue weighted by molar-refractivity contribution is -0.387. The van der Waals surface area contributed by atoms with Crippen molar-refractivity contribution in [2.45, 2.75) is 23.4 Å². The molecule has 1 N–H and O–H groups in total. The number of azide groups is 1. The Morgan fingerprint density at radius 1 is 1.45 bits per heavy atom. The molecule has 170 valence electrons. The highest BCUT2D eigenvalue weighted by Gasteiger charge is 2.46. The van der Waals surface area contributed by atoms with Gasteiger partial charge in [-0.3, -0.25) is 14.9 Å². The van der Waals surface area contributed by atoms with E-state index in [4.69, 9.17) is 10.3 Å². The minimum absolute atomic E-state index is 0.0201. The largest absolute Gasteiger partial charge is 0.378 e. The van der Waals surface area contributed by atoms with E-state index in [1.807, 2.05) is 0 Å². The maximum Gasteiger partial charge on any atom is 0.289 e. The lowest BCUT2D eigenvalue weighted by atomic mass is 10.1. The highest BCUT2D eigenvalue weighted by Crippen LogP contribution is 2.33. The van der Waals surface area contributed by atoms with E-state index in [1.54, 1.807) is 7.05 Å². The van der Waals surface area contributed by atoms with Crippen LogP contribution < -0.4 is 5.32 Å². The predicted molar refractivity (Wildman–Crippen MR) is 111 cm³/mol. The molecule has 0 bridgehead atoms. The summed E-state index contributed by atoms with van der Waals surface area (Å²) in [5.41, 5.74) is 8.16. The van der Waals surface area contributed by atoms with Crippen molar-refractivity contribution in [3.63, 3.8) is 0 Å². The topological polar surface area (TPSA) is 171 Å². The zero-order valence-electron chi connectivity index (χ0n) is 17.2. The van der Waals surface area contributed by atoms with E-state index < -0.39 is 43.5 Å². The van der Waals surface area contributed by atoms with Crippen LogP contribution in [0.2, 0.25) is 0 Å². The van der Waals surface area contributed by atoms with Gasteiger partial charge < -0.3 is 15.0 Å². The van der Waals surface area contributed by atoms with Crippen LogP contribution >= 0.6 is 0 Å². The Kier molecular flexibility index (Phi) is 8.71. The Morgan fingerprint density at radius 3 is 2.81 bits per heavy atom. The normalized spacial score (nSPS) is 19.0. The minimum atomic E-state index is -4.40. The molecule has 0 unspecified atom stereocenters. The number of likely N-dealkylation sites (N-methyl/N-ethyl adjacent to an activating group) is 2. The number of benzene rings is 1. The lowest BCUT2D eigenvalue weighted by Crippen LogP contribution is -2.47. The second-order valence-electron chi connectivity index (χ2n) is 6.89. The van der Waals surface area contributed by atoms with Crippen LogP contribution in [0.4, 0.5) is 5.69 Å². The van der Waals surface area contributed by atoms with Gasteiger partial charge in [-0.1, -0.05) is 17.2 Å². The van der Waals surface area contributed by atoms with E-state index in [0.29, 0.717) is 13.2 Å². The van der Waals surface area contributed by atoms with E-state index in [9.17, 15) is 23.3 Å². The van der Waals surface area contributed by atoms with E-state index in [0.717, 1.165) is 16.4 Å². The molecule has 1 heterocycles. The number of hydrogen-bond acceptors (Lipinski definition) is 8. The molecule has 0 aromatic heterocycles. The van der Waals surface area contributed by atoms with Crippen LogP contribution in [0.5, 0.6) is 0 Å². The maximum atomic E-state index is 13.3. The predicted octanol–water partition coefficient (Wildman–Crippen LogP) is 0.731. The molecule has 31 heavy (non-hydrogen) atoms. The number of ether oxygens (including phenoxy) is 1. The highest BCUT2D eigenvalue weighted by molar-refractivity contribution is 7.89. The van der Waals surface area contributed by atoms with Crippen molar-refractivity contribution < 1.29 is 22.9 Å². The van der Waals surface area contributed by atoms with E-state index in [1.165, 1.54) is 24.1 Å². The molecule has 1 aliphatic rings. The number of para-hydroxylation sites is 1. The summed E-state index contributed by atoms with van der Waals surface area (Å²) in [6, 6.07) is 3.01. The third kappa shape index (κ3) is 5.89. The fourth-order valence-corrected chi connectivity index (χ4v) is 5.02. The number of nitrogens with zero attached hydrogens (tertiary/aromatic N) is 6. The first-order valence-electron chi connectivity index (χ1n) is 9.50. The van der Waals surface area contributed by atoms with E-state index in [2.05, 4.69) is 15.3 Å². The molecule has 1 aromatic carbocycles. The lowest BCUT2D eigenvalue weighted by Gasteiger charge is -2.27. The van der Waals surface area contributed by atoms with Gasteiger partial charge in [0.25, 0.3) is 15.7 Å². The molecule has 2 atom stereocenters. The van der Waals surface area contributed by atoms with Gasteiger partial charge in [-0.05, 0) is 25.1 Å². The molecule has 1 aliphatic heterocycles. The van der Waals surface area contributed by atoms with Gasteiger partial charge in [0.2, 0.25) is 5.91 Å².